The van der Waals surface area contributed by atoms with E-state index in [4.69, 9.17) is 10.5 Å². The lowest BCUT2D eigenvalue weighted by molar-refractivity contribution is -0.0940. The highest BCUT2D eigenvalue weighted by atomic mass is 28.3. The molecule has 1 aliphatic rings. The summed E-state index contributed by atoms with van der Waals surface area (Å²) in [5.41, 5.74) is 5.53. The van der Waals surface area contributed by atoms with Crippen LogP contribution in [0.2, 0.25) is 13.1 Å². The third kappa shape index (κ3) is 2.80. The van der Waals surface area contributed by atoms with Gasteiger partial charge in [-0.15, -0.1) is 0 Å². The molecule has 0 bridgehead atoms. The van der Waals surface area contributed by atoms with Gasteiger partial charge in [0, 0.05) is 11.8 Å². The fourth-order valence-electron chi connectivity index (χ4n) is 3.23. The lowest BCUT2D eigenvalue weighted by atomic mass is 9.88. The van der Waals surface area contributed by atoms with Crippen LogP contribution in [0.4, 0.5) is 5.82 Å². The Morgan fingerprint density at radius 2 is 2.00 bits per heavy atom. The number of nitrogen functional groups attached to an aromatic ring is 1. The second-order valence-corrected chi connectivity index (χ2v) is 10.8. The van der Waals surface area contributed by atoms with Crippen LogP contribution in [-0.4, -0.2) is 58.6 Å². The van der Waals surface area contributed by atoms with Gasteiger partial charge in [0.05, 0.1) is 15.4 Å². The van der Waals surface area contributed by atoms with E-state index < -0.39 is 44.8 Å². The number of aliphatic hydroxyl groups is 3. The molecule has 9 heteroatoms. The second-order valence-electron chi connectivity index (χ2n) is 7.62. The van der Waals surface area contributed by atoms with Crippen LogP contribution in [0.1, 0.15) is 26.3 Å². The van der Waals surface area contributed by atoms with Crippen molar-refractivity contribution >= 4 is 14.6 Å². The lowest BCUT2D eigenvalue weighted by Crippen LogP contribution is -2.58. The number of aromatic nitrogens is 2. The average molecular weight is 357 g/mol. The third-order valence-corrected chi connectivity index (χ3v) is 7.03. The molecule has 0 aromatic carbocycles. The maximum atomic E-state index is 12.5. The normalized spacial score (nSPS) is 31.0. The van der Waals surface area contributed by atoms with Crippen LogP contribution in [-0.2, 0) is 15.5 Å². The Kier molecular flexibility index (Phi) is 4.95. The molecule has 1 saturated heterocycles. The van der Waals surface area contributed by atoms with Crippen molar-refractivity contribution in [2.45, 2.75) is 62.9 Å². The van der Waals surface area contributed by atoms with E-state index in [0.717, 1.165) is 0 Å². The van der Waals surface area contributed by atoms with Crippen LogP contribution in [0.3, 0.4) is 0 Å². The van der Waals surface area contributed by atoms with Crippen LogP contribution >= 0.6 is 0 Å². The Morgan fingerprint density at radius 1 is 1.42 bits per heavy atom. The third-order valence-electron chi connectivity index (χ3n) is 4.62. The first-order valence-electron chi connectivity index (χ1n) is 8.01. The Labute approximate surface area is 142 Å². The molecule has 0 amide bonds. The molecular formula is C15H27N3O5Si. The van der Waals surface area contributed by atoms with Crippen LogP contribution in [0.15, 0.2) is 11.0 Å². The summed E-state index contributed by atoms with van der Waals surface area (Å²) >= 11 is 0. The van der Waals surface area contributed by atoms with Gasteiger partial charge < -0.3 is 25.8 Å². The topological polar surface area (TPSA) is 131 Å². The number of anilines is 1. The van der Waals surface area contributed by atoms with Crippen LogP contribution < -0.4 is 11.4 Å². The first-order chi connectivity index (χ1) is 11.0. The van der Waals surface area contributed by atoms with Gasteiger partial charge in [-0.1, -0.05) is 33.9 Å². The smallest absolute Gasteiger partial charge is 0.351 e. The van der Waals surface area contributed by atoms with Crippen molar-refractivity contribution in [2.75, 3.05) is 12.3 Å². The van der Waals surface area contributed by atoms with E-state index >= 15 is 0 Å². The number of hydrogen-bond acceptors (Lipinski definition) is 7. The molecule has 24 heavy (non-hydrogen) atoms. The molecule has 0 aliphatic carbocycles. The summed E-state index contributed by atoms with van der Waals surface area (Å²) in [6.07, 6.45) is -2.02. The largest absolute Gasteiger partial charge is 0.394 e. The van der Waals surface area contributed by atoms with Crippen molar-refractivity contribution in [3.63, 3.8) is 0 Å². The summed E-state index contributed by atoms with van der Waals surface area (Å²) in [6, 6.07) is 0. The molecule has 2 heterocycles. The van der Waals surface area contributed by atoms with Gasteiger partial charge in [0.1, 0.15) is 24.1 Å². The minimum atomic E-state index is -1.91. The molecule has 4 atom stereocenters. The van der Waals surface area contributed by atoms with E-state index in [9.17, 15) is 20.1 Å². The Balaban J connectivity index is 2.73. The van der Waals surface area contributed by atoms with Crippen molar-refractivity contribution < 1.29 is 20.1 Å². The van der Waals surface area contributed by atoms with Gasteiger partial charge in [-0.3, -0.25) is 4.57 Å². The van der Waals surface area contributed by atoms with E-state index in [1.165, 1.54) is 4.57 Å². The first-order valence-corrected chi connectivity index (χ1v) is 10.9. The summed E-state index contributed by atoms with van der Waals surface area (Å²) in [6.45, 7) is 9.15. The Bertz CT molecular complexity index is 672. The number of nitrogens with two attached hydrogens (primary N) is 1. The van der Waals surface area contributed by atoms with E-state index in [-0.39, 0.29) is 11.2 Å². The predicted molar refractivity (Wildman–Crippen MR) is 92.4 cm³/mol. The zero-order chi connectivity index (χ0) is 18.4. The van der Waals surface area contributed by atoms with Crippen LogP contribution in [0, 0.1) is 0 Å². The maximum absolute atomic E-state index is 12.5. The molecule has 0 saturated carbocycles. The summed E-state index contributed by atoms with van der Waals surface area (Å²) in [4.78, 5) is 16.4. The van der Waals surface area contributed by atoms with Gasteiger partial charge in [-0.05, 0) is 5.41 Å². The second kappa shape index (κ2) is 6.23. The number of rotatable bonds is 3. The molecule has 1 aromatic rings. The van der Waals surface area contributed by atoms with Gasteiger partial charge in [0.25, 0.3) is 0 Å². The maximum Gasteiger partial charge on any atom is 0.351 e. The van der Waals surface area contributed by atoms with Gasteiger partial charge in [-0.2, -0.15) is 4.98 Å². The molecule has 1 aliphatic heterocycles. The zero-order valence-electron chi connectivity index (χ0n) is 14.7. The molecule has 5 N–H and O–H groups in total. The number of nitrogens with zero attached hydrogens (tertiary/aromatic N) is 2. The number of hydrogen-bond donors (Lipinski definition) is 4. The van der Waals surface area contributed by atoms with E-state index in [0.29, 0.717) is 5.56 Å². The van der Waals surface area contributed by atoms with Crippen molar-refractivity contribution in [2.24, 2.45) is 0 Å². The minimum absolute atomic E-state index is 0.135. The molecular weight excluding hydrogens is 330 g/mol. The summed E-state index contributed by atoms with van der Waals surface area (Å²) < 4.78 is 7.11. The van der Waals surface area contributed by atoms with Crippen molar-refractivity contribution in [3.05, 3.63) is 22.2 Å². The predicted octanol–water partition coefficient (Wildman–Crippen LogP) is -1.09. The SMILES string of the molecule is C[SiH](C)[C@@]1(n2cc(C(C)(C)C)c(N)nc2=O)O[C@H](CO)[C@@H](O)[C@H]1O. The molecule has 0 unspecified atom stereocenters. The summed E-state index contributed by atoms with van der Waals surface area (Å²) in [5, 5.41) is 28.9. The molecule has 2 rings (SSSR count). The van der Waals surface area contributed by atoms with Gasteiger partial charge in [-0.25, -0.2) is 4.79 Å². The fourth-order valence-corrected chi connectivity index (χ4v) is 5.29. The van der Waals surface area contributed by atoms with E-state index in [1.807, 2.05) is 33.9 Å². The average Bonchev–Trinajstić information content (AvgIpc) is 2.71. The Hall–Kier alpha value is -1.26. The fraction of sp³-hybridized carbons (Fsp3) is 0.733. The van der Waals surface area contributed by atoms with Crippen molar-refractivity contribution in [1.82, 2.24) is 9.55 Å². The van der Waals surface area contributed by atoms with Gasteiger partial charge >= 0.3 is 5.69 Å². The first kappa shape index (κ1) is 19.1. The van der Waals surface area contributed by atoms with E-state index in [2.05, 4.69) is 4.98 Å². The monoisotopic (exact) mass is 357 g/mol. The highest BCUT2D eigenvalue weighted by Gasteiger charge is 2.57. The highest BCUT2D eigenvalue weighted by Crippen LogP contribution is 2.38. The van der Waals surface area contributed by atoms with Crippen molar-refractivity contribution in [1.29, 1.82) is 0 Å². The van der Waals surface area contributed by atoms with Crippen LogP contribution in [0.25, 0.3) is 0 Å². The highest BCUT2D eigenvalue weighted by molar-refractivity contribution is 6.58. The lowest BCUT2D eigenvalue weighted by Gasteiger charge is -2.38. The molecule has 1 fully saturated rings. The van der Waals surface area contributed by atoms with E-state index in [1.54, 1.807) is 6.20 Å². The molecule has 0 spiro atoms. The molecule has 8 nitrogen and oxygen atoms in total. The molecule has 0 radical (unpaired) electrons. The summed E-state index contributed by atoms with van der Waals surface area (Å²) in [5.74, 6) is 0.135. The number of ether oxygens (including phenoxy) is 1. The Morgan fingerprint density at radius 3 is 2.42 bits per heavy atom. The van der Waals surface area contributed by atoms with Gasteiger partial charge in [0.2, 0.25) is 0 Å². The quantitative estimate of drug-likeness (QED) is 0.506. The van der Waals surface area contributed by atoms with Gasteiger partial charge in [0.15, 0.2) is 5.35 Å². The minimum Gasteiger partial charge on any atom is -0.394 e. The molecule has 1 aromatic heterocycles. The summed E-state index contributed by atoms with van der Waals surface area (Å²) in [7, 11) is -1.91. The standard InChI is InChI=1S/C15H27N3O5Si/c1-14(2,3)8-6-18(13(22)17-12(8)16)15(24(4)5)11(21)10(20)9(7-19)23-15/h6,9-11,19-21,24H,7H2,1-5H3,(H2,16,17,22)/t9-,10-,11-,15+/m1/s1. The van der Waals surface area contributed by atoms with Crippen molar-refractivity contribution in [3.8, 4) is 0 Å². The zero-order valence-corrected chi connectivity index (χ0v) is 15.9. The molecule has 136 valence electrons. The van der Waals surface area contributed by atoms with Crippen LogP contribution in [0.5, 0.6) is 0 Å². The number of aliphatic hydroxyl groups excluding tert-OH is 3.